The third-order valence-electron chi connectivity index (χ3n) is 4.91. The van der Waals surface area contributed by atoms with Crippen LogP contribution in [0.4, 0.5) is 0 Å². The summed E-state index contributed by atoms with van der Waals surface area (Å²) < 4.78 is 4.24. The van der Waals surface area contributed by atoms with Gasteiger partial charge in [-0.1, -0.05) is 11.8 Å². The van der Waals surface area contributed by atoms with Gasteiger partial charge in [0.1, 0.15) is 16.0 Å². The van der Waals surface area contributed by atoms with Gasteiger partial charge in [-0.25, -0.2) is 0 Å². The van der Waals surface area contributed by atoms with Crippen molar-refractivity contribution in [2.45, 2.75) is 28.8 Å². The van der Waals surface area contributed by atoms with Crippen LogP contribution in [0.5, 0.6) is 0 Å². The minimum atomic E-state index is 0.00993. The molecule has 3 fully saturated rings. The summed E-state index contributed by atoms with van der Waals surface area (Å²) in [6.45, 7) is 3.33. The van der Waals surface area contributed by atoms with Crippen molar-refractivity contribution in [2.75, 3.05) is 19.6 Å². The molecule has 25 heavy (non-hydrogen) atoms. The van der Waals surface area contributed by atoms with Crippen molar-refractivity contribution in [2.24, 2.45) is 5.92 Å². The molecule has 1 aromatic heterocycles. The van der Waals surface area contributed by atoms with Crippen molar-refractivity contribution < 1.29 is 4.79 Å². The van der Waals surface area contributed by atoms with Crippen LogP contribution in [0.15, 0.2) is 40.3 Å². The number of nitrogens with zero attached hydrogens (tertiary/aromatic N) is 3. The second kappa shape index (κ2) is 7.16. The van der Waals surface area contributed by atoms with Crippen LogP contribution in [-0.2, 0) is 0 Å². The lowest BCUT2D eigenvalue weighted by Gasteiger charge is -2.44. The van der Waals surface area contributed by atoms with Gasteiger partial charge < -0.3 is 10.2 Å². The number of carbonyl (C=O) groups is 1. The van der Waals surface area contributed by atoms with Gasteiger partial charge in [0.15, 0.2) is 0 Å². The zero-order valence-corrected chi connectivity index (χ0v) is 15.3. The first-order valence-corrected chi connectivity index (χ1v) is 9.98. The molecule has 1 atom stereocenters. The molecular weight excluding hydrogens is 352 g/mol. The number of carbonyl (C=O) groups excluding carboxylic acids is 1. The van der Waals surface area contributed by atoms with E-state index in [2.05, 4.69) is 20.7 Å². The summed E-state index contributed by atoms with van der Waals surface area (Å²) in [4.78, 5) is 16.6. The Balaban J connectivity index is 1.38. The van der Waals surface area contributed by atoms with Crippen LogP contribution in [-0.4, -0.2) is 40.9 Å². The molecule has 2 aromatic rings. The highest BCUT2D eigenvalue weighted by molar-refractivity contribution is 7.99. The number of hydrogen-bond acceptors (Lipinski definition) is 6. The van der Waals surface area contributed by atoms with E-state index in [-0.39, 0.29) is 11.9 Å². The zero-order chi connectivity index (χ0) is 17.2. The molecule has 5 rings (SSSR count). The van der Waals surface area contributed by atoms with Crippen LogP contribution < -0.4 is 5.32 Å². The molecule has 0 radical (unpaired) electrons. The summed E-state index contributed by atoms with van der Waals surface area (Å²) in [5.74, 6) is 0.637. The zero-order valence-electron chi connectivity index (χ0n) is 13.6. The molecule has 1 aromatic carbocycles. The third kappa shape index (κ3) is 3.71. The highest BCUT2D eigenvalue weighted by Gasteiger charge is 2.34. The fourth-order valence-corrected chi connectivity index (χ4v) is 5.01. The van der Waals surface area contributed by atoms with E-state index < -0.39 is 0 Å². The first-order valence-electron chi connectivity index (χ1n) is 8.39. The van der Waals surface area contributed by atoms with Gasteiger partial charge in [0.2, 0.25) is 0 Å². The maximum atomic E-state index is 12.5. The fourth-order valence-electron chi connectivity index (χ4n) is 3.54. The van der Waals surface area contributed by atoms with Gasteiger partial charge in [-0.2, -0.15) is 9.64 Å². The number of benzene rings is 1. The largest absolute Gasteiger partial charge is 0.348 e. The molecule has 128 valence electrons. The van der Waals surface area contributed by atoms with E-state index in [0.717, 1.165) is 16.5 Å². The molecule has 1 amide bonds. The van der Waals surface area contributed by atoms with Crippen molar-refractivity contribution in [1.82, 2.24) is 14.6 Å². The molecule has 5 nitrogen and oxygen atoms in total. The smallest absolute Gasteiger partial charge is 0.251 e. The van der Waals surface area contributed by atoms with Crippen molar-refractivity contribution in [1.29, 1.82) is 5.26 Å². The summed E-state index contributed by atoms with van der Waals surface area (Å²) in [5.41, 5.74) is 0.691. The monoisotopic (exact) mass is 370 g/mol. The van der Waals surface area contributed by atoms with Gasteiger partial charge in [-0.15, -0.1) is 0 Å². The molecule has 3 saturated heterocycles. The Kier molecular flexibility index (Phi) is 4.75. The van der Waals surface area contributed by atoms with Crippen molar-refractivity contribution in [3.05, 3.63) is 40.8 Å². The van der Waals surface area contributed by atoms with E-state index in [1.165, 1.54) is 49.2 Å². The van der Waals surface area contributed by atoms with E-state index in [1.807, 2.05) is 24.3 Å². The van der Waals surface area contributed by atoms with Crippen LogP contribution in [0.1, 0.15) is 28.1 Å². The number of nitrogens with one attached hydrogen (secondary N) is 1. The van der Waals surface area contributed by atoms with Crippen LogP contribution in [0, 0.1) is 17.2 Å². The lowest BCUT2D eigenvalue weighted by molar-refractivity contribution is 0.0620. The number of aromatic nitrogens is 1. The fraction of sp³-hybridized carbons (Fsp3) is 0.389. The number of hydrogen-bond donors (Lipinski definition) is 1. The summed E-state index contributed by atoms with van der Waals surface area (Å²) in [5, 5.41) is 12.9. The van der Waals surface area contributed by atoms with Gasteiger partial charge in [0.25, 0.3) is 5.91 Å². The summed E-state index contributed by atoms with van der Waals surface area (Å²) in [6.07, 6.45) is 2.39. The molecular formula is C18H18N4OS2. The SMILES string of the molecule is N#Cc1cc(Sc2ccc(C(=O)N[C@H]3CN4CCC3CC4)cc2)ns1. The second-order valence-corrected chi connectivity index (χ2v) is 8.38. The molecule has 0 unspecified atom stereocenters. The number of amides is 1. The molecule has 0 spiro atoms. The molecule has 0 saturated carbocycles. The van der Waals surface area contributed by atoms with Crippen LogP contribution in [0.2, 0.25) is 0 Å². The molecule has 7 heteroatoms. The third-order valence-corrected chi connectivity index (χ3v) is 6.65. The van der Waals surface area contributed by atoms with Gasteiger partial charge in [-0.3, -0.25) is 4.79 Å². The number of piperidine rings is 3. The van der Waals surface area contributed by atoms with E-state index in [0.29, 0.717) is 16.4 Å². The van der Waals surface area contributed by atoms with E-state index in [1.54, 1.807) is 6.07 Å². The standard InChI is InChI=1S/C18H18N4OS2/c19-10-15-9-17(21-25-15)24-14-3-1-13(2-4-14)18(23)20-16-11-22-7-5-12(16)6-8-22/h1-4,9,12,16H,5-8,11H2,(H,20,23)/t16-/m0/s1. The highest BCUT2D eigenvalue weighted by atomic mass is 32.2. The molecule has 3 aliphatic rings. The van der Waals surface area contributed by atoms with E-state index in [9.17, 15) is 4.79 Å². The quantitative estimate of drug-likeness (QED) is 0.896. The normalized spacial score (nSPS) is 24.7. The maximum Gasteiger partial charge on any atom is 0.251 e. The van der Waals surface area contributed by atoms with Crippen LogP contribution >= 0.6 is 23.3 Å². The van der Waals surface area contributed by atoms with Crippen LogP contribution in [0.3, 0.4) is 0 Å². The highest BCUT2D eigenvalue weighted by Crippen LogP contribution is 2.29. The average Bonchev–Trinajstić information content (AvgIpc) is 3.11. The summed E-state index contributed by atoms with van der Waals surface area (Å²) in [7, 11) is 0. The number of nitriles is 1. The van der Waals surface area contributed by atoms with Crippen molar-refractivity contribution in [3.8, 4) is 6.07 Å². The Morgan fingerprint density at radius 1 is 1.32 bits per heavy atom. The Morgan fingerprint density at radius 3 is 2.68 bits per heavy atom. The van der Waals surface area contributed by atoms with Gasteiger partial charge in [0.05, 0.1) is 0 Å². The van der Waals surface area contributed by atoms with E-state index >= 15 is 0 Å². The predicted molar refractivity (Wildman–Crippen MR) is 97.8 cm³/mol. The van der Waals surface area contributed by atoms with Gasteiger partial charge in [0, 0.05) is 29.1 Å². The summed E-state index contributed by atoms with van der Waals surface area (Å²) in [6, 6.07) is 11.7. The maximum absolute atomic E-state index is 12.5. The molecule has 4 heterocycles. The van der Waals surface area contributed by atoms with Crippen LogP contribution in [0.25, 0.3) is 0 Å². The molecule has 1 N–H and O–H groups in total. The Labute approximate surface area is 155 Å². The second-order valence-electron chi connectivity index (χ2n) is 6.49. The minimum Gasteiger partial charge on any atom is -0.348 e. The first kappa shape index (κ1) is 16.6. The Hall–Kier alpha value is -1.88. The number of rotatable bonds is 4. The number of fused-ring (bicyclic) bond motifs is 3. The Bertz CT molecular complexity index is 803. The van der Waals surface area contributed by atoms with Crippen molar-refractivity contribution >= 4 is 29.2 Å². The van der Waals surface area contributed by atoms with E-state index in [4.69, 9.17) is 5.26 Å². The summed E-state index contributed by atoms with van der Waals surface area (Å²) >= 11 is 2.70. The Morgan fingerprint density at radius 2 is 2.08 bits per heavy atom. The van der Waals surface area contributed by atoms with Gasteiger partial charge >= 0.3 is 0 Å². The van der Waals surface area contributed by atoms with Crippen molar-refractivity contribution in [3.63, 3.8) is 0 Å². The average molecular weight is 371 g/mol. The first-order chi connectivity index (χ1) is 12.2. The lowest BCUT2D eigenvalue weighted by atomic mass is 9.84. The minimum absolute atomic E-state index is 0.00993. The van der Waals surface area contributed by atoms with Gasteiger partial charge in [-0.05, 0) is 67.6 Å². The topological polar surface area (TPSA) is 69.0 Å². The molecule has 2 bridgehead atoms. The predicted octanol–water partition coefficient (Wildman–Crippen LogP) is 2.99. The lowest BCUT2D eigenvalue weighted by Crippen LogP contribution is -2.57. The molecule has 3 aliphatic heterocycles. The molecule has 0 aliphatic carbocycles.